The molecule has 0 fully saturated rings. The zero-order valence-corrected chi connectivity index (χ0v) is 13.0. The summed E-state index contributed by atoms with van der Waals surface area (Å²) in [5.41, 5.74) is -0.136. The summed E-state index contributed by atoms with van der Waals surface area (Å²) in [6.07, 6.45) is 3.71. The zero-order valence-electron chi connectivity index (χ0n) is 13.0. The van der Waals surface area contributed by atoms with Crippen molar-refractivity contribution in [2.75, 3.05) is 6.54 Å². The molecule has 1 aromatic heterocycles. The van der Waals surface area contributed by atoms with Crippen molar-refractivity contribution in [2.24, 2.45) is 0 Å². The van der Waals surface area contributed by atoms with Crippen molar-refractivity contribution < 1.29 is 19.4 Å². The average molecular weight is 305 g/mol. The molecule has 0 spiro atoms. The highest BCUT2D eigenvalue weighted by atomic mass is 16.6. The van der Waals surface area contributed by atoms with Gasteiger partial charge in [-0.25, -0.2) is 19.6 Å². The first-order valence-corrected chi connectivity index (χ1v) is 6.67. The number of hydrogen-bond donors (Lipinski definition) is 1. The predicted octanol–water partition coefficient (Wildman–Crippen LogP) is 1.54. The fraction of sp³-hybridized carbons (Fsp3) is 0.467. The van der Waals surface area contributed by atoms with Gasteiger partial charge < -0.3 is 9.84 Å². The van der Waals surface area contributed by atoms with Crippen LogP contribution in [0.3, 0.4) is 0 Å². The van der Waals surface area contributed by atoms with E-state index in [1.54, 1.807) is 20.8 Å². The standard InChI is InChI=1S/C15H19N3O4/c1-11(13(19)20)18(14(21)22-15(2,3)4)7-5-6-12-8-16-10-17-9-12/h8-11H,7H2,1-4H3,(H,19,20)/t11-/m0/s1. The molecule has 1 amide bonds. The van der Waals surface area contributed by atoms with Gasteiger partial charge in [0, 0.05) is 12.4 Å². The Morgan fingerprint density at radius 3 is 2.45 bits per heavy atom. The molecular weight excluding hydrogens is 286 g/mol. The molecule has 0 saturated carbocycles. The van der Waals surface area contributed by atoms with Crippen molar-refractivity contribution in [3.63, 3.8) is 0 Å². The number of hydrogen-bond acceptors (Lipinski definition) is 5. The first-order chi connectivity index (χ1) is 10.2. The number of carboxylic acids is 1. The van der Waals surface area contributed by atoms with Crippen LogP contribution in [0, 0.1) is 11.8 Å². The fourth-order valence-corrected chi connectivity index (χ4v) is 1.40. The van der Waals surface area contributed by atoms with Gasteiger partial charge in [0.05, 0.1) is 12.1 Å². The Kier molecular flexibility index (Phi) is 5.87. The second kappa shape index (κ2) is 7.41. The maximum absolute atomic E-state index is 12.1. The summed E-state index contributed by atoms with van der Waals surface area (Å²) in [5, 5.41) is 9.10. The van der Waals surface area contributed by atoms with Crippen LogP contribution in [-0.4, -0.2) is 50.2 Å². The molecule has 1 aromatic rings. The van der Waals surface area contributed by atoms with Crippen molar-refractivity contribution in [2.45, 2.75) is 39.3 Å². The minimum atomic E-state index is -1.13. The van der Waals surface area contributed by atoms with Crippen molar-refractivity contribution in [3.05, 3.63) is 24.3 Å². The van der Waals surface area contributed by atoms with E-state index in [1.165, 1.54) is 25.6 Å². The van der Waals surface area contributed by atoms with Crippen LogP contribution in [-0.2, 0) is 9.53 Å². The molecule has 1 N–H and O–H groups in total. The molecule has 0 aromatic carbocycles. The minimum Gasteiger partial charge on any atom is -0.480 e. The highest BCUT2D eigenvalue weighted by Gasteiger charge is 2.29. The van der Waals surface area contributed by atoms with E-state index in [0.717, 1.165) is 4.90 Å². The lowest BCUT2D eigenvalue weighted by atomic mass is 10.2. The van der Waals surface area contributed by atoms with Crippen molar-refractivity contribution in [3.8, 4) is 11.8 Å². The predicted molar refractivity (Wildman–Crippen MR) is 78.9 cm³/mol. The summed E-state index contributed by atoms with van der Waals surface area (Å²) >= 11 is 0. The van der Waals surface area contributed by atoms with Gasteiger partial charge in [-0.2, -0.15) is 0 Å². The van der Waals surface area contributed by atoms with Crippen LogP contribution >= 0.6 is 0 Å². The quantitative estimate of drug-likeness (QED) is 0.851. The average Bonchev–Trinajstić information content (AvgIpc) is 2.42. The SMILES string of the molecule is C[C@@H](C(=O)O)N(CC#Cc1cncnc1)C(=O)OC(C)(C)C. The second-order valence-electron chi connectivity index (χ2n) is 5.55. The van der Waals surface area contributed by atoms with E-state index in [2.05, 4.69) is 21.8 Å². The molecule has 1 heterocycles. The fourth-order valence-electron chi connectivity index (χ4n) is 1.40. The number of rotatable bonds is 3. The van der Waals surface area contributed by atoms with Crippen LogP contribution in [0.15, 0.2) is 18.7 Å². The number of amides is 1. The lowest BCUT2D eigenvalue weighted by Gasteiger charge is -2.28. The third-order valence-corrected chi connectivity index (χ3v) is 2.50. The summed E-state index contributed by atoms with van der Waals surface area (Å²) < 4.78 is 5.21. The summed E-state index contributed by atoms with van der Waals surface area (Å²) in [5.74, 6) is 4.38. The Morgan fingerprint density at radius 1 is 1.36 bits per heavy atom. The van der Waals surface area contributed by atoms with Gasteiger partial charge in [-0.05, 0) is 27.7 Å². The largest absolute Gasteiger partial charge is 0.480 e. The van der Waals surface area contributed by atoms with Crippen LogP contribution < -0.4 is 0 Å². The number of carbonyl (C=O) groups excluding carboxylic acids is 1. The van der Waals surface area contributed by atoms with Crippen LogP contribution in [0.4, 0.5) is 4.79 Å². The van der Waals surface area contributed by atoms with Crippen molar-refractivity contribution in [1.82, 2.24) is 14.9 Å². The molecule has 1 atom stereocenters. The van der Waals surface area contributed by atoms with Gasteiger partial charge in [0.1, 0.15) is 18.0 Å². The Hall–Kier alpha value is -2.62. The molecule has 0 radical (unpaired) electrons. The molecule has 0 bridgehead atoms. The van der Waals surface area contributed by atoms with Crippen LogP contribution in [0.25, 0.3) is 0 Å². The van der Waals surface area contributed by atoms with Crippen molar-refractivity contribution in [1.29, 1.82) is 0 Å². The molecule has 7 heteroatoms. The lowest BCUT2D eigenvalue weighted by molar-refractivity contribution is -0.142. The third-order valence-electron chi connectivity index (χ3n) is 2.50. The summed E-state index contributed by atoms with van der Waals surface area (Å²) in [7, 11) is 0. The molecule has 0 unspecified atom stereocenters. The smallest absolute Gasteiger partial charge is 0.411 e. The van der Waals surface area contributed by atoms with Gasteiger partial charge >= 0.3 is 12.1 Å². The molecule has 1 rings (SSSR count). The molecule has 0 aliphatic rings. The highest BCUT2D eigenvalue weighted by molar-refractivity contribution is 5.80. The first-order valence-electron chi connectivity index (χ1n) is 6.67. The van der Waals surface area contributed by atoms with E-state index in [-0.39, 0.29) is 6.54 Å². The third kappa shape index (κ3) is 5.79. The monoisotopic (exact) mass is 305 g/mol. The Balaban J connectivity index is 2.86. The number of ether oxygens (including phenoxy) is 1. The molecule has 7 nitrogen and oxygen atoms in total. The Bertz CT molecular complexity index is 584. The topological polar surface area (TPSA) is 92.6 Å². The summed E-state index contributed by atoms with van der Waals surface area (Å²) in [4.78, 5) is 31.9. The van der Waals surface area contributed by atoms with Crippen molar-refractivity contribution >= 4 is 12.1 Å². The van der Waals surface area contributed by atoms with E-state index >= 15 is 0 Å². The van der Waals surface area contributed by atoms with E-state index in [1.807, 2.05) is 0 Å². The van der Waals surface area contributed by atoms with E-state index in [4.69, 9.17) is 9.84 Å². The number of carbonyl (C=O) groups is 2. The molecule has 0 aliphatic heterocycles. The molecular formula is C15H19N3O4. The summed E-state index contributed by atoms with van der Waals surface area (Å²) in [6, 6.07) is -1.05. The van der Waals surface area contributed by atoms with Gasteiger partial charge in [0.25, 0.3) is 0 Å². The highest BCUT2D eigenvalue weighted by Crippen LogP contribution is 2.12. The van der Waals surface area contributed by atoms with E-state index in [0.29, 0.717) is 5.56 Å². The van der Waals surface area contributed by atoms with Crippen LogP contribution in [0.1, 0.15) is 33.3 Å². The lowest BCUT2D eigenvalue weighted by Crippen LogP contribution is -2.45. The van der Waals surface area contributed by atoms with E-state index in [9.17, 15) is 9.59 Å². The molecule has 0 aliphatic carbocycles. The number of aromatic nitrogens is 2. The summed E-state index contributed by atoms with van der Waals surface area (Å²) in [6.45, 7) is 6.46. The zero-order chi connectivity index (χ0) is 16.8. The molecule has 118 valence electrons. The number of nitrogens with zero attached hydrogens (tertiary/aromatic N) is 3. The Morgan fingerprint density at radius 2 is 1.95 bits per heavy atom. The van der Waals surface area contributed by atoms with Gasteiger partial charge in [0.2, 0.25) is 0 Å². The molecule has 0 saturated heterocycles. The van der Waals surface area contributed by atoms with Gasteiger partial charge in [-0.15, -0.1) is 0 Å². The number of aliphatic carboxylic acids is 1. The molecule has 22 heavy (non-hydrogen) atoms. The van der Waals surface area contributed by atoms with Crippen LogP contribution in [0.5, 0.6) is 0 Å². The van der Waals surface area contributed by atoms with Crippen LogP contribution in [0.2, 0.25) is 0 Å². The number of carboxylic acid groups (broad SMARTS) is 1. The van der Waals surface area contributed by atoms with Gasteiger partial charge in [-0.1, -0.05) is 11.8 Å². The minimum absolute atomic E-state index is 0.0721. The first kappa shape index (κ1) is 17.4. The van der Waals surface area contributed by atoms with E-state index < -0.39 is 23.7 Å². The van der Waals surface area contributed by atoms with Gasteiger partial charge in [-0.3, -0.25) is 4.90 Å². The maximum atomic E-state index is 12.1. The second-order valence-corrected chi connectivity index (χ2v) is 5.55. The maximum Gasteiger partial charge on any atom is 0.411 e. The normalized spacial score (nSPS) is 11.8. The van der Waals surface area contributed by atoms with Gasteiger partial charge in [0.15, 0.2) is 0 Å². The Labute approximate surface area is 129 Å².